The zero-order chi connectivity index (χ0) is 29.8. The van der Waals surface area contributed by atoms with Crippen molar-refractivity contribution in [2.45, 2.75) is 135 Å². The first kappa shape index (κ1) is 31.5. The summed E-state index contributed by atoms with van der Waals surface area (Å²) in [7, 11) is -4.94. The van der Waals surface area contributed by atoms with Gasteiger partial charge in [-0.05, 0) is 135 Å². The van der Waals surface area contributed by atoms with Crippen LogP contribution >= 0.6 is 0 Å². The van der Waals surface area contributed by atoms with Gasteiger partial charge >= 0.3 is 0 Å². The largest absolute Gasteiger partial charge is 0.414 e. The Labute approximate surface area is 253 Å². The van der Waals surface area contributed by atoms with Crippen molar-refractivity contribution in [2.24, 2.45) is 40.4 Å². The molecular formula is C36H58O3SSi. The van der Waals surface area contributed by atoms with Crippen molar-refractivity contribution < 1.29 is 12.8 Å². The summed E-state index contributed by atoms with van der Waals surface area (Å²) in [6, 6.07) is 9.00. The first-order valence-corrected chi connectivity index (χ1v) is 21.3. The van der Waals surface area contributed by atoms with Crippen LogP contribution in [0, 0.1) is 40.4 Å². The van der Waals surface area contributed by atoms with Gasteiger partial charge in [0.1, 0.15) is 0 Å². The first-order chi connectivity index (χ1) is 19.1. The van der Waals surface area contributed by atoms with Crippen LogP contribution in [0.5, 0.6) is 0 Å². The smallest absolute Gasteiger partial charge is 0.192 e. The maximum absolute atomic E-state index is 12.8. The molecule has 0 saturated heterocycles. The van der Waals surface area contributed by atoms with Gasteiger partial charge in [0.05, 0.1) is 10.6 Å². The summed E-state index contributed by atoms with van der Waals surface area (Å²) in [5.41, 5.74) is 2.48. The Morgan fingerprint density at radius 2 is 1.71 bits per heavy atom. The molecule has 8 atom stereocenters. The van der Waals surface area contributed by atoms with Crippen molar-refractivity contribution in [3.8, 4) is 0 Å². The van der Waals surface area contributed by atoms with Crippen molar-refractivity contribution in [1.29, 1.82) is 0 Å². The molecule has 5 rings (SSSR count). The lowest BCUT2D eigenvalue weighted by Gasteiger charge is -2.59. The first-order valence-electron chi connectivity index (χ1n) is 16.7. The molecule has 41 heavy (non-hydrogen) atoms. The van der Waals surface area contributed by atoms with Crippen LogP contribution in [-0.2, 0) is 14.3 Å². The van der Waals surface area contributed by atoms with Crippen molar-refractivity contribution in [2.75, 3.05) is 5.75 Å². The molecule has 3 saturated carbocycles. The number of fused-ring (bicyclic) bond motifs is 5. The zero-order valence-corrected chi connectivity index (χ0v) is 29.2. The van der Waals surface area contributed by atoms with Crippen molar-refractivity contribution in [1.82, 2.24) is 0 Å². The summed E-state index contributed by atoms with van der Waals surface area (Å²) in [6.45, 7) is 19.6. The normalized spacial score (nSPS) is 36.6. The molecule has 0 aliphatic heterocycles. The fourth-order valence-electron chi connectivity index (χ4n) is 9.84. The molecular weight excluding hydrogens is 541 g/mol. The van der Waals surface area contributed by atoms with Crippen LogP contribution in [-0.4, -0.2) is 28.6 Å². The number of rotatable bonds is 8. The summed E-state index contributed by atoms with van der Waals surface area (Å²) in [4.78, 5) is 0.470. The van der Waals surface area contributed by atoms with Crippen molar-refractivity contribution in [3.63, 3.8) is 0 Å². The highest BCUT2D eigenvalue weighted by atomic mass is 32.2. The van der Waals surface area contributed by atoms with E-state index in [0.29, 0.717) is 27.7 Å². The number of sulfone groups is 1. The minimum Gasteiger partial charge on any atom is -0.414 e. The minimum atomic E-state index is -3.19. The van der Waals surface area contributed by atoms with E-state index >= 15 is 0 Å². The minimum absolute atomic E-state index is 0.264. The van der Waals surface area contributed by atoms with Crippen molar-refractivity contribution >= 4 is 18.2 Å². The van der Waals surface area contributed by atoms with E-state index in [1.165, 1.54) is 44.9 Å². The summed E-state index contributed by atoms with van der Waals surface area (Å²) in [5, 5.41) is 0.264. The quantitative estimate of drug-likeness (QED) is 0.221. The molecule has 0 amide bonds. The Bertz CT molecular complexity index is 1210. The fraction of sp³-hybridized carbons (Fsp3) is 0.778. The molecule has 4 aliphatic rings. The second kappa shape index (κ2) is 11.2. The Morgan fingerprint density at radius 1 is 1.00 bits per heavy atom. The van der Waals surface area contributed by atoms with E-state index in [2.05, 4.69) is 60.7 Å². The van der Waals surface area contributed by atoms with Gasteiger partial charge in [0.15, 0.2) is 18.2 Å². The average molecular weight is 599 g/mol. The predicted octanol–water partition coefficient (Wildman–Crippen LogP) is 9.85. The van der Waals surface area contributed by atoms with Crippen LogP contribution < -0.4 is 0 Å². The van der Waals surface area contributed by atoms with Gasteiger partial charge in [-0.25, -0.2) is 8.42 Å². The van der Waals surface area contributed by atoms with Gasteiger partial charge in [0, 0.05) is 6.10 Å². The monoisotopic (exact) mass is 598 g/mol. The summed E-state index contributed by atoms with van der Waals surface area (Å²) in [5.74, 6) is 4.03. The predicted molar refractivity (Wildman–Crippen MR) is 174 cm³/mol. The molecule has 4 aliphatic carbocycles. The van der Waals surface area contributed by atoms with E-state index in [0.717, 1.165) is 42.9 Å². The van der Waals surface area contributed by atoms with Crippen LogP contribution in [0.2, 0.25) is 18.1 Å². The van der Waals surface area contributed by atoms with E-state index in [1.54, 1.807) is 17.7 Å². The summed E-state index contributed by atoms with van der Waals surface area (Å²) in [6.07, 6.45) is 15.2. The summed E-state index contributed by atoms with van der Waals surface area (Å²) >= 11 is 0. The molecule has 0 spiro atoms. The third-order valence-corrected chi connectivity index (χ3v) is 19.6. The Balaban J connectivity index is 1.23. The summed E-state index contributed by atoms with van der Waals surface area (Å²) < 4.78 is 32.6. The maximum atomic E-state index is 12.8. The van der Waals surface area contributed by atoms with Gasteiger partial charge in [0.25, 0.3) is 0 Å². The molecule has 0 N–H and O–H groups in total. The van der Waals surface area contributed by atoms with Gasteiger partial charge < -0.3 is 4.43 Å². The van der Waals surface area contributed by atoms with E-state index in [4.69, 9.17) is 4.43 Å². The fourth-order valence-corrected chi connectivity index (χ4v) is 12.6. The second-order valence-electron chi connectivity index (χ2n) is 16.5. The number of allylic oxidation sites excluding steroid dienone is 1. The molecule has 230 valence electrons. The number of benzene rings is 1. The Hall–Kier alpha value is -0.913. The van der Waals surface area contributed by atoms with E-state index in [-0.39, 0.29) is 10.8 Å². The van der Waals surface area contributed by atoms with E-state index in [1.807, 2.05) is 18.2 Å². The topological polar surface area (TPSA) is 43.4 Å². The van der Waals surface area contributed by atoms with E-state index in [9.17, 15) is 8.42 Å². The molecule has 0 aromatic heterocycles. The van der Waals surface area contributed by atoms with Gasteiger partial charge in [0.2, 0.25) is 0 Å². The second-order valence-corrected chi connectivity index (χ2v) is 23.3. The highest BCUT2D eigenvalue weighted by molar-refractivity contribution is 7.91. The standard InChI is InChI=1S/C36H58O3SSi/c1-26(13-12-24-40(37,38)29-14-10-9-11-15-29)31-18-19-32-30-17-16-27-25-28(39-41(7,8)34(2,3)4)20-22-35(27,5)33(30)21-23-36(31,32)6/h9-11,14-16,26,28,30-33H,12-13,17-25H2,1-8H3/t26-,28+,30+,31-,32+,33+,35+,36-/m1/s1. The highest BCUT2D eigenvalue weighted by Gasteiger charge is 2.59. The third kappa shape index (κ3) is 5.82. The van der Waals surface area contributed by atoms with Gasteiger partial charge in [-0.2, -0.15) is 0 Å². The molecule has 3 nitrogen and oxygen atoms in total. The molecule has 1 aromatic rings. The Kier molecular flexibility index (Phi) is 8.62. The molecule has 0 unspecified atom stereocenters. The molecule has 5 heteroatoms. The van der Waals surface area contributed by atoms with Crippen LogP contribution in [0.1, 0.15) is 106 Å². The van der Waals surface area contributed by atoms with Gasteiger partial charge in [-0.3, -0.25) is 0 Å². The van der Waals surface area contributed by atoms with Crippen LogP contribution in [0.4, 0.5) is 0 Å². The highest BCUT2D eigenvalue weighted by Crippen LogP contribution is 2.67. The Morgan fingerprint density at radius 3 is 2.39 bits per heavy atom. The van der Waals surface area contributed by atoms with Crippen LogP contribution in [0.15, 0.2) is 46.9 Å². The maximum Gasteiger partial charge on any atom is 0.192 e. The SMILES string of the molecule is C[C@H](CCCS(=O)(=O)c1ccccc1)[C@H]1CC[C@H]2[C@@H]3CC=C4C[C@@H](O[Si](C)(C)C(C)(C)C)CC[C@]4(C)[C@H]3CC[C@]12C. The lowest BCUT2D eigenvalue weighted by Crippen LogP contribution is -2.52. The van der Waals surface area contributed by atoms with Crippen molar-refractivity contribution in [3.05, 3.63) is 42.0 Å². The molecule has 0 heterocycles. The number of hydrogen-bond acceptors (Lipinski definition) is 3. The lowest BCUT2D eigenvalue weighted by atomic mass is 9.47. The lowest BCUT2D eigenvalue weighted by molar-refractivity contribution is -0.0564. The number of hydrogen-bond donors (Lipinski definition) is 0. The average Bonchev–Trinajstić information content (AvgIpc) is 3.26. The van der Waals surface area contributed by atoms with Gasteiger partial charge in [-0.1, -0.05) is 71.4 Å². The molecule has 0 radical (unpaired) electrons. The molecule has 0 bridgehead atoms. The van der Waals surface area contributed by atoms with Crippen LogP contribution in [0.3, 0.4) is 0 Å². The van der Waals surface area contributed by atoms with Crippen LogP contribution in [0.25, 0.3) is 0 Å². The van der Waals surface area contributed by atoms with Gasteiger partial charge in [-0.15, -0.1) is 0 Å². The van der Waals surface area contributed by atoms with E-state index < -0.39 is 18.2 Å². The molecule has 3 fully saturated rings. The molecule has 1 aromatic carbocycles. The third-order valence-electron chi connectivity index (χ3n) is 13.3. The zero-order valence-electron chi connectivity index (χ0n) is 27.3.